The fourth-order valence-electron chi connectivity index (χ4n) is 2.36. The van der Waals surface area contributed by atoms with Crippen LogP contribution in [-0.4, -0.2) is 30.6 Å². The first-order valence-corrected chi connectivity index (χ1v) is 7.03. The number of carbonyl (C=O) groups is 2. The van der Waals surface area contributed by atoms with E-state index in [9.17, 15) is 9.59 Å². The second-order valence-electron chi connectivity index (χ2n) is 4.92. The summed E-state index contributed by atoms with van der Waals surface area (Å²) in [7, 11) is 0. The van der Waals surface area contributed by atoms with Gasteiger partial charge in [0.25, 0.3) is 0 Å². The van der Waals surface area contributed by atoms with E-state index in [4.69, 9.17) is 0 Å². The number of urea groups is 1. The van der Waals surface area contributed by atoms with Crippen molar-refractivity contribution in [3.8, 4) is 0 Å². The predicted molar refractivity (Wildman–Crippen MR) is 73.8 cm³/mol. The molecular weight excluding hydrogens is 310 g/mol. The van der Waals surface area contributed by atoms with Crippen molar-refractivity contribution in [1.29, 1.82) is 0 Å². The van der Waals surface area contributed by atoms with Crippen LogP contribution in [0.15, 0.2) is 28.7 Å². The zero-order valence-electron chi connectivity index (χ0n) is 10.2. The van der Waals surface area contributed by atoms with Crippen molar-refractivity contribution in [3.63, 3.8) is 0 Å². The zero-order chi connectivity index (χ0) is 13.4. The van der Waals surface area contributed by atoms with Gasteiger partial charge in [0.15, 0.2) is 0 Å². The Balaban J connectivity index is 1.56. The number of amides is 3. The first kappa shape index (κ1) is 12.5. The molecule has 5 nitrogen and oxygen atoms in total. The number of halogens is 1. The van der Waals surface area contributed by atoms with Crippen molar-refractivity contribution in [2.75, 3.05) is 6.54 Å². The Hall–Kier alpha value is -1.56. The van der Waals surface area contributed by atoms with Crippen LogP contribution in [-0.2, 0) is 4.79 Å². The van der Waals surface area contributed by atoms with Gasteiger partial charge in [0.2, 0.25) is 5.91 Å². The highest BCUT2D eigenvalue weighted by Gasteiger charge is 2.41. The number of hydrogen-bond acceptors (Lipinski definition) is 2. The molecule has 3 rings (SSSR count). The minimum absolute atomic E-state index is 0.110. The van der Waals surface area contributed by atoms with E-state index in [2.05, 4.69) is 44.0 Å². The maximum Gasteiger partial charge on any atom is 0.315 e. The average Bonchev–Trinajstić information content (AvgIpc) is 3.00. The lowest BCUT2D eigenvalue weighted by Crippen LogP contribution is -2.44. The third-order valence-corrected chi connectivity index (χ3v) is 3.98. The molecule has 6 heteroatoms. The molecule has 3 N–H and O–H groups in total. The quantitative estimate of drug-likeness (QED) is 0.779. The van der Waals surface area contributed by atoms with Gasteiger partial charge in [0.1, 0.15) is 6.04 Å². The van der Waals surface area contributed by atoms with Gasteiger partial charge < -0.3 is 16.0 Å². The van der Waals surface area contributed by atoms with Crippen molar-refractivity contribution in [1.82, 2.24) is 16.0 Å². The van der Waals surface area contributed by atoms with Crippen LogP contribution in [0.5, 0.6) is 0 Å². The fraction of sp³-hybridized carbons (Fsp3) is 0.385. The van der Waals surface area contributed by atoms with Gasteiger partial charge in [0.05, 0.1) is 0 Å². The predicted octanol–water partition coefficient (Wildman–Crippen LogP) is 1.10. The van der Waals surface area contributed by atoms with Crippen LogP contribution in [0, 0.1) is 0 Å². The van der Waals surface area contributed by atoms with Gasteiger partial charge in [-0.3, -0.25) is 4.79 Å². The highest BCUT2D eigenvalue weighted by molar-refractivity contribution is 9.10. The van der Waals surface area contributed by atoms with Crippen LogP contribution in [0.1, 0.15) is 17.9 Å². The van der Waals surface area contributed by atoms with Crippen LogP contribution in [0.3, 0.4) is 0 Å². The molecular formula is C13H14BrN3O2. The summed E-state index contributed by atoms with van der Waals surface area (Å²) in [5, 5.41) is 8.13. The van der Waals surface area contributed by atoms with Gasteiger partial charge in [-0.2, -0.15) is 0 Å². The molecule has 100 valence electrons. The Morgan fingerprint density at radius 1 is 1.42 bits per heavy atom. The SMILES string of the molecule is O=C1NC[C@H](C(=O)N[C@H]2C[C@H]2c2cccc(Br)c2)N1. The van der Waals surface area contributed by atoms with Crippen LogP contribution in [0.4, 0.5) is 4.79 Å². The van der Waals surface area contributed by atoms with Gasteiger partial charge >= 0.3 is 6.03 Å². The summed E-state index contributed by atoms with van der Waals surface area (Å²) in [6.07, 6.45) is 0.955. The first-order valence-electron chi connectivity index (χ1n) is 6.23. The molecule has 19 heavy (non-hydrogen) atoms. The molecule has 1 saturated carbocycles. The maximum absolute atomic E-state index is 11.9. The maximum atomic E-state index is 11.9. The number of benzene rings is 1. The lowest BCUT2D eigenvalue weighted by Gasteiger charge is -2.09. The molecule has 1 saturated heterocycles. The van der Waals surface area contributed by atoms with Crippen LogP contribution < -0.4 is 16.0 Å². The van der Waals surface area contributed by atoms with Crippen molar-refractivity contribution in [2.45, 2.75) is 24.4 Å². The third kappa shape index (κ3) is 2.73. The average molecular weight is 324 g/mol. The number of carbonyl (C=O) groups excluding carboxylic acids is 2. The summed E-state index contributed by atoms with van der Waals surface area (Å²) in [5.74, 6) is 0.271. The minimum Gasteiger partial charge on any atom is -0.351 e. The minimum atomic E-state index is -0.448. The zero-order valence-corrected chi connectivity index (χ0v) is 11.7. The fourth-order valence-corrected chi connectivity index (χ4v) is 2.77. The molecule has 2 aliphatic rings. The van der Waals surface area contributed by atoms with Crippen LogP contribution in [0.2, 0.25) is 0 Å². The van der Waals surface area contributed by atoms with E-state index >= 15 is 0 Å². The molecule has 3 atom stereocenters. The summed E-state index contributed by atoms with van der Waals surface area (Å²) in [5.41, 5.74) is 1.23. The molecule has 1 aliphatic carbocycles. The number of rotatable bonds is 3. The van der Waals surface area contributed by atoms with E-state index in [1.165, 1.54) is 5.56 Å². The molecule has 2 fully saturated rings. The van der Waals surface area contributed by atoms with Gasteiger partial charge in [-0.1, -0.05) is 28.1 Å². The Kier molecular flexibility index (Phi) is 3.18. The topological polar surface area (TPSA) is 70.2 Å². The summed E-state index contributed by atoms with van der Waals surface area (Å²) in [6.45, 7) is 0.360. The van der Waals surface area contributed by atoms with Crippen molar-refractivity contribution in [3.05, 3.63) is 34.3 Å². The van der Waals surface area contributed by atoms with E-state index in [0.29, 0.717) is 12.5 Å². The molecule has 1 aromatic rings. The second kappa shape index (κ2) is 4.85. The Labute approximate surface area is 119 Å². The largest absolute Gasteiger partial charge is 0.351 e. The normalized spacial score (nSPS) is 28.5. The van der Waals surface area contributed by atoms with E-state index in [-0.39, 0.29) is 18.0 Å². The van der Waals surface area contributed by atoms with Gasteiger partial charge in [0, 0.05) is 23.0 Å². The third-order valence-electron chi connectivity index (χ3n) is 3.48. The van der Waals surface area contributed by atoms with Crippen molar-refractivity contribution in [2.24, 2.45) is 0 Å². The molecule has 0 unspecified atom stereocenters. The molecule has 1 heterocycles. The molecule has 1 aliphatic heterocycles. The first-order chi connectivity index (χ1) is 9.13. The van der Waals surface area contributed by atoms with Crippen molar-refractivity contribution < 1.29 is 9.59 Å². The van der Waals surface area contributed by atoms with E-state index in [0.717, 1.165) is 10.9 Å². The number of nitrogens with one attached hydrogen (secondary N) is 3. The lowest BCUT2D eigenvalue weighted by atomic mass is 10.1. The van der Waals surface area contributed by atoms with Crippen LogP contribution in [0.25, 0.3) is 0 Å². The molecule has 0 radical (unpaired) electrons. The molecule has 3 amide bonds. The summed E-state index contributed by atoms with van der Waals surface area (Å²) in [4.78, 5) is 22.9. The lowest BCUT2D eigenvalue weighted by molar-refractivity contribution is -0.122. The highest BCUT2D eigenvalue weighted by Crippen LogP contribution is 2.41. The van der Waals surface area contributed by atoms with Crippen molar-refractivity contribution >= 4 is 27.9 Å². The summed E-state index contributed by atoms with van der Waals surface area (Å²) in [6, 6.07) is 7.59. The number of hydrogen-bond donors (Lipinski definition) is 3. The highest BCUT2D eigenvalue weighted by atomic mass is 79.9. The monoisotopic (exact) mass is 323 g/mol. The van der Waals surface area contributed by atoms with E-state index in [1.54, 1.807) is 0 Å². The van der Waals surface area contributed by atoms with Gasteiger partial charge in [-0.05, 0) is 24.1 Å². The Morgan fingerprint density at radius 3 is 2.95 bits per heavy atom. The standard InChI is InChI=1S/C13H14BrN3O2/c14-8-3-1-2-7(4-8)9-5-10(9)16-12(18)11-6-15-13(19)17-11/h1-4,9-11H,5-6H2,(H,16,18)(H2,15,17,19)/t9-,10-,11+/m0/s1. The second-order valence-corrected chi connectivity index (χ2v) is 5.83. The molecule has 0 aromatic heterocycles. The van der Waals surface area contributed by atoms with Gasteiger partial charge in [-0.25, -0.2) is 4.79 Å². The smallest absolute Gasteiger partial charge is 0.315 e. The van der Waals surface area contributed by atoms with E-state index in [1.807, 2.05) is 12.1 Å². The Morgan fingerprint density at radius 2 is 2.26 bits per heavy atom. The van der Waals surface area contributed by atoms with E-state index < -0.39 is 6.04 Å². The Bertz CT molecular complexity index is 534. The molecule has 0 spiro atoms. The summed E-state index contributed by atoms with van der Waals surface area (Å²) >= 11 is 3.45. The van der Waals surface area contributed by atoms with Gasteiger partial charge in [-0.15, -0.1) is 0 Å². The molecule has 1 aromatic carbocycles. The van der Waals surface area contributed by atoms with Crippen LogP contribution >= 0.6 is 15.9 Å². The summed E-state index contributed by atoms with van der Waals surface area (Å²) < 4.78 is 1.05. The molecule has 0 bridgehead atoms.